The van der Waals surface area contributed by atoms with Crippen molar-refractivity contribution in [3.05, 3.63) is 150 Å². The first-order chi connectivity index (χ1) is 25.3. The number of nitrogens with zero attached hydrogens (tertiary/aromatic N) is 1. The summed E-state index contributed by atoms with van der Waals surface area (Å²) in [6.07, 6.45) is -1.95. The molecule has 11 nitrogen and oxygen atoms in total. The van der Waals surface area contributed by atoms with Gasteiger partial charge in [0.25, 0.3) is 0 Å². The molecule has 0 bridgehead atoms. The van der Waals surface area contributed by atoms with Crippen molar-refractivity contribution >= 4 is 29.2 Å². The molecule has 5 aromatic carbocycles. The van der Waals surface area contributed by atoms with Crippen LogP contribution in [0.2, 0.25) is 0 Å². The van der Waals surface area contributed by atoms with E-state index in [9.17, 15) is 14.7 Å². The molecule has 5 aromatic rings. The summed E-state index contributed by atoms with van der Waals surface area (Å²) in [5, 5.41) is 16.7. The van der Waals surface area contributed by atoms with Gasteiger partial charge in [-0.3, -0.25) is 15.5 Å². The number of methoxy groups -OCH3 is 2. The first-order valence-corrected chi connectivity index (χ1v) is 16.8. The molecule has 0 spiro atoms. The summed E-state index contributed by atoms with van der Waals surface area (Å²) < 4.78 is 21.4. The zero-order valence-corrected chi connectivity index (χ0v) is 29.2. The van der Waals surface area contributed by atoms with Crippen molar-refractivity contribution in [1.29, 1.82) is 0 Å². The number of ether oxygens (including phenoxy) is 4. The van der Waals surface area contributed by atoms with Crippen LogP contribution in [0.3, 0.4) is 0 Å². The number of aliphatic hydroxyl groups excluding tert-OH is 1. The van der Waals surface area contributed by atoms with Crippen molar-refractivity contribution < 1.29 is 33.6 Å². The smallest absolute Gasteiger partial charge is 0.411 e. The second-order valence-corrected chi connectivity index (χ2v) is 12.1. The molecule has 0 aromatic heterocycles. The molecule has 0 saturated carbocycles. The van der Waals surface area contributed by atoms with Crippen molar-refractivity contribution in [1.82, 2.24) is 4.90 Å². The Morgan fingerprint density at radius 3 is 1.75 bits per heavy atom. The lowest BCUT2D eigenvalue weighted by atomic mass is 9.90. The summed E-state index contributed by atoms with van der Waals surface area (Å²) >= 11 is 0. The molecular formula is C41H44N4O7. The first kappa shape index (κ1) is 37.2. The van der Waals surface area contributed by atoms with Gasteiger partial charge < -0.3 is 29.8 Å². The standard InChI is InChI=1S/C41H44N4O7/c1-49-40(47)43-33-17-13-31(14-18-33)37(32-15-19-34(20-16-32)44-41(48)50-2)26-45(24-29-9-5-3-6-10-29)25-35(46)28-51-36-21-22-39(38(42)23-36)52-27-30-11-7-4-8-12-30/h3-23,35,37,46H,24-28,42H2,1-2H3,(H,43,47)(H,44,48)/t35-/m0/s1. The van der Waals surface area contributed by atoms with Crippen LogP contribution >= 0.6 is 0 Å². The van der Waals surface area contributed by atoms with Gasteiger partial charge in [-0.2, -0.15) is 0 Å². The highest BCUT2D eigenvalue weighted by Crippen LogP contribution is 2.30. The van der Waals surface area contributed by atoms with Gasteiger partial charge in [-0.05, 0) is 58.7 Å². The predicted molar refractivity (Wildman–Crippen MR) is 202 cm³/mol. The molecule has 52 heavy (non-hydrogen) atoms. The van der Waals surface area contributed by atoms with E-state index in [0.717, 1.165) is 22.3 Å². The van der Waals surface area contributed by atoms with Crippen LogP contribution in [0.15, 0.2) is 127 Å². The van der Waals surface area contributed by atoms with Crippen molar-refractivity contribution in [2.75, 3.05) is 50.3 Å². The van der Waals surface area contributed by atoms with Gasteiger partial charge in [0.2, 0.25) is 0 Å². The molecule has 0 radical (unpaired) electrons. The zero-order valence-electron chi connectivity index (χ0n) is 29.2. The maximum absolute atomic E-state index is 11.8. The number of benzene rings is 5. The molecule has 11 heteroatoms. The average molecular weight is 705 g/mol. The number of carbonyl (C=O) groups is 2. The molecule has 0 aliphatic rings. The molecule has 2 amide bonds. The fraction of sp³-hybridized carbons (Fsp3) is 0.220. The minimum atomic E-state index is -0.835. The van der Waals surface area contributed by atoms with Crippen LogP contribution in [-0.4, -0.2) is 62.2 Å². The third-order valence-corrected chi connectivity index (χ3v) is 8.31. The van der Waals surface area contributed by atoms with Gasteiger partial charge in [-0.25, -0.2) is 9.59 Å². The van der Waals surface area contributed by atoms with E-state index in [-0.39, 0.29) is 12.5 Å². The number of nitrogens with one attached hydrogen (secondary N) is 2. The lowest BCUT2D eigenvalue weighted by Crippen LogP contribution is -2.38. The second kappa shape index (κ2) is 18.8. The minimum absolute atomic E-state index is 0.0431. The molecule has 0 aliphatic heterocycles. The number of aliphatic hydroxyl groups is 1. The predicted octanol–water partition coefficient (Wildman–Crippen LogP) is 7.28. The summed E-state index contributed by atoms with van der Waals surface area (Å²) in [6, 6.07) is 40.2. The third-order valence-electron chi connectivity index (χ3n) is 8.31. The Labute approximate surface area is 303 Å². The Balaban J connectivity index is 1.32. The number of nitrogen functional groups attached to an aromatic ring is 1. The van der Waals surface area contributed by atoms with Gasteiger partial charge >= 0.3 is 12.2 Å². The van der Waals surface area contributed by atoms with E-state index in [1.807, 2.05) is 97.1 Å². The van der Waals surface area contributed by atoms with Crippen LogP contribution in [0.4, 0.5) is 26.7 Å². The van der Waals surface area contributed by atoms with E-state index >= 15 is 0 Å². The number of hydrogen-bond acceptors (Lipinski definition) is 9. The van der Waals surface area contributed by atoms with Crippen molar-refractivity contribution in [3.63, 3.8) is 0 Å². The quantitative estimate of drug-likeness (QED) is 0.0779. The molecule has 5 N–H and O–H groups in total. The number of anilines is 3. The molecule has 0 saturated heterocycles. The summed E-state index contributed by atoms with van der Waals surface area (Å²) in [5.74, 6) is 0.928. The highest BCUT2D eigenvalue weighted by Gasteiger charge is 2.22. The monoisotopic (exact) mass is 704 g/mol. The first-order valence-electron chi connectivity index (χ1n) is 16.8. The summed E-state index contributed by atoms with van der Waals surface area (Å²) in [6.45, 7) is 1.84. The van der Waals surface area contributed by atoms with E-state index in [0.29, 0.717) is 54.8 Å². The van der Waals surface area contributed by atoms with Crippen LogP contribution in [0.25, 0.3) is 0 Å². The van der Waals surface area contributed by atoms with E-state index in [4.69, 9.17) is 24.7 Å². The van der Waals surface area contributed by atoms with Crippen LogP contribution in [-0.2, 0) is 22.6 Å². The lowest BCUT2D eigenvalue weighted by Gasteiger charge is -2.30. The maximum atomic E-state index is 11.8. The van der Waals surface area contributed by atoms with Gasteiger partial charge in [0, 0.05) is 43.0 Å². The highest BCUT2D eigenvalue weighted by atomic mass is 16.5. The van der Waals surface area contributed by atoms with Crippen molar-refractivity contribution in [3.8, 4) is 11.5 Å². The van der Waals surface area contributed by atoms with Crippen LogP contribution in [0.1, 0.15) is 28.2 Å². The molecule has 0 heterocycles. The molecule has 270 valence electrons. The average Bonchev–Trinajstić information content (AvgIpc) is 3.17. The second-order valence-electron chi connectivity index (χ2n) is 12.1. The van der Waals surface area contributed by atoms with E-state index in [1.54, 1.807) is 18.2 Å². The Morgan fingerprint density at radius 1 is 0.692 bits per heavy atom. The van der Waals surface area contributed by atoms with Crippen molar-refractivity contribution in [2.24, 2.45) is 0 Å². The molecule has 5 rings (SSSR count). The minimum Gasteiger partial charge on any atom is -0.491 e. The highest BCUT2D eigenvalue weighted by molar-refractivity contribution is 5.85. The molecule has 0 aliphatic carbocycles. The molecule has 0 fully saturated rings. The number of nitrogens with two attached hydrogens (primary N) is 1. The number of hydrogen-bond donors (Lipinski definition) is 4. The van der Waals surface area contributed by atoms with Crippen molar-refractivity contribution in [2.45, 2.75) is 25.2 Å². The fourth-order valence-corrected chi connectivity index (χ4v) is 5.67. The normalized spacial score (nSPS) is 11.5. The van der Waals surface area contributed by atoms with E-state index < -0.39 is 18.3 Å². The lowest BCUT2D eigenvalue weighted by molar-refractivity contribution is 0.0644. The topological polar surface area (TPSA) is 145 Å². The SMILES string of the molecule is COC(=O)Nc1ccc(C(CN(Cc2ccccc2)C[C@H](O)COc2ccc(OCc3ccccc3)c(N)c2)c2ccc(NC(=O)OC)cc2)cc1. The van der Waals surface area contributed by atoms with Gasteiger partial charge in [-0.1, -0.05) is 84.9 Å². The molecule has 1 atom stereocenters. The van der Waals surface area contributed by atoms with Crippen LogP contribution < -0.4 is 25.8 Å². The van der Waals surface area contributed by atoms with Gasteiger partial charge in [-0.15, -0.1) is 0 Å². The number of rotatable bonds is 16. The zero-order chi connectivity index (χ0) is 36.7. The fourth-order valence-electron chi connectivity index (χ4n) is 5.67. The Kier molecular flexibility index (Phi) is 13.5. The van der Waals surface area contributed by atoms with E-state index in [2.05, 4.69) is 27.7 Å². The third kappa shape index (κ3) is 11.2. The largest absolute Gasteiger partial charge is 0.491 e. The molecule has 0 unspecified atom stereocenters. The van der Waals surface area contributed by atoms with Crippen LogP contribution in [0.5, 0.6) is 11.5 Å². The molecular weight excluding hydrogens is 660 g/mol. The number of carbonyl (C=O) groups excluding carboxylic acids is 2. The van der Waals surface area contributed by atoms with Gasteiger partial charge in [0.15, 0.2) is 0 Å². The van der Waals surface area contributed by atoms with Crippen LogP contribution in [0, 0.1) is 0 Å². The Bertz CT molecular complexity index is 1800. The summed E-state index contributed by atoms with van der Waals surface area (Å²) in [5.41, 5.74) is 12.0. The maximum Gasteiger partial charge on any atom is 0.411 e. The van der Waals surface area contributed by atoms with Gasteiger partial charge in [0.1, 0.15) is 30.8 Å². The van der Waals surface area contributed by atoms with E-state index in [1.165, 1.54) is 14.2 Å². The summed E-state index contributed by atoms with van der Waals surface area (Å²) in [4.78, 5) is 25.8. The Hall–Kier alpha value is -6.04. The Morgan fingerprint density at radius 2 is 1.23 bits per heavy atom. The van der Waals surface area contributed by atoms with Gasteiger partial charge in [0.05, 0.1) is 19.9 Å². The number of amides is 2. The summed E-state index contributed by atoms with van der Waals surface area (Å²) in [7, 11) is 2.63.